The molecule has 0 bridgehead atoms. The smallest absolute Gasteiger partial charge is 0.256 e. The van der Waals surface area contributed by atoms with E-state index in [-0.39, 0.29) is 34.9 Å². The summed E-state index contributed by atoms with van der Waals surface area (Å²) in [4.78, 5) is 36.4. The molecule has 202 valence electrons. The van der Waals surface area contributed by atoms with Crippen LogP contribution < -0.4 is 26.9 Å². The van der Waals surface area contributed by atoms with E-state index in [1.807, 2.05) is 6.07 Å². The molecule has 1 amide bonds. The average Bonchev–Trinajstić information content (AvgIpc) is 3.72. The Morgan fingerprint density at radius 2 is 1.95 bits per heavy atom. The number of methoxy groups -OCH3 is 1. The molecular weight excluding hydrogens is 486 g/mol. The van der Waals surface area contributed by atoms with Gasteiger partial charge < -0.3 is 36.1 Å². The largest absolute Gasteiger partial charge is 0.495 e. The monoisotopic (exact) mass is 521 g/mol. The number of anilines is 3. The number of benzene rings is 1. The molecule has 2 aliphatic rings. The average molecular weight is 522 g/mol. The SMILES string of the molecule is COc1cc(C2CCN(C3CC3)CC2)ccc1Nc1ncc2c(=O)c(C(N)=O)c(N)n(CC(C)(C)O)c2n1. The zero-order chi connectivity index (χ0) is 27.2. The van der Waals surface area contributed by atoms with E-state index in [1.54, 1.807) is 21.0 Å². The first-order valence-corrected chi connectivity index (χ1v) is 13.0. The molecule has 1 saturated heterocycles. The highest BCUT2D eigenvalue weighted by Crippen LogP contribution is 2.37. The van der Waals surface area contributed by atoms with Gasteiger partial charge in [0.15, 0.2) is 5.65 Å². The number of amides is 1. The van der Waals surface area contributed by atoms with E-state index in [0.717, 1.165) is 32.0 Å². The van der Waals surface area contributed by atoms with Gasteiger partial charge in [0.05, 0.1) is 30.3 Å². The van der Waals surface area contributed by atoms with Crippen molar-refractivity contribution in [2.75, 3.05) is 31.2 Å². The lowest BCUT2D eigenvalue weighted by molar-refractivity contribution is 0.0629. The Kier molecular flexibility index (Phi) is 6.74. The lowest BCUT2D eigenvalue weighted by Gasteiger charge is -2.32. The summed E-state index contributed by atoms with van der Waals surface area (Å²) in [5.74, 6) is 0.244. The molecule has 0 radical (unpaired) electrons. The van der Waals surface area contributed by atoms with E-state index in [1.165, 1.54) is 29.2 Å². The zero-order valence-electron chi connectivity index (χ0n) is 22.0. The zero-order valence-corrected chi connectivity index (χ0v) is 22.0. The van der Waals surface area contributed by atoms with Crippen molar-refractivity contribution in [3.8, 4) is 5.75 Å². The van der Waals surface area contributed by atoms with E-state index in [4.69, 9.17) is 16.2 Å². The van der Waals surface area contributed by atoms with Gasteiger partial charge in [0, 0.05) is 12.2 Å². The van der Waals surface area contributed by atoms with Crippen molar-refractivity contribution in [3.63, 3.8) is 0 Å². The van der Waals surface area contributed by atoms with Crippen LogP contribution in [0.5, 0.6) is 5.75 Å². The number of ether oxygens (including phenoxy) is 1. The molecule has 1 saturated carbocycles. The molecule has 6 N–H and O–H groups in total. The van der Waals surface area contributed by atoms with Crippen LogP contribution in [0.4, 0.5) is 17.5 Å². The van der Waals surface area contributed by atoms with Crippen LogP contribution in [0.3, 0.4) is 0 Å². The van der Waals surface area contributed by atoms with Crippen LogP contribution in [0.15, 0.2) is 29.2 Å². The maximum Gasteiger partial charge on any atom is 0.256 e. The summed E-state index contributed by atoms with van der Waals surface area (Å²) in [6.07, 6.45) is 6.26. The molecule has 0 unspecified atom stereocenters. The van der Waals surface area contributed by atoms with E-state index in [2.05, 4.69) is 32.3 Å². The number of primary amides is 1. The maximum absolute atomic E-state index is 12.9. The van der Waals surface area contributed by atoms with Gasteiger partial charge >= 0.3 is 0 Å². The summed E-state index contributed by atoms with van der Waals surface area (Å²) >= 11 is 0. The molecule has 11 heteroatoms. The third-order valence-electron chi connectivity index (χ3n) is 7.37. The van der Waals surface area contributed by atoms with Gasteiger partial charge in [0.2, 0.25) is 11.4 Å². The van der Waals surface area contributed by atoms with Crippen molar-refractivity contribution in [1.29, 1.82) is 0 Å². The predicted octanol–water partition coefficient (Wildman–Crippen LogP) is 2.34. The number of aromatic nitrogens is 3. The number of hydrogen-bond acceptors (Lipinski definition) is 9. The van der Waals surface area contributed by atoms with Gasteiger partial charge in [-0.3, -0.25) is 9.59 Å². The molecule has 38 heavy (non-hydrogen) atoms. The van der Waals surface area contributed by atoms with Crippen LogP contribution in [0.25, 0.3) is 11.0 Å². The molecule has 1 aliphatic carbocycles. The summed E-state index contributed by atoms with van der Waals surface area (Å²) in [5, 5.41) is 13.7. The highest BCUT2D eigenvalue weighted by molar-refractivity contribution is 6.00. The lowest BCUT2D eigenvalue weighted by atomic mass is 9.89. The fourth-order valence-corrected chi connectivity index (χ4v) is 5.31. The standard InChI is InChI=1S/C27H35N7O4/c1-27(2,37)14-34-23(28)21(24(29)36)22(35)18-13-30-26(32-25(18)34)31-19-7-4-16(12-20(19)38-3)15-8-10-33(11-9-15)17-5-6-17/h4,7,12-13,15,17,37H,5-6,8-11,14,28H2,1-3H3,(H2,29,36)(H,30,31,32). The number of nitrogens with one attached hydrogen (secondary N) is 1. The fraction of sp³-hybridized carbons (Fsp3) is 0.481. The van der Waals surface area contributed by atoms with Gasteiger partial charge in [-0.25, -0.2) is 4.98 Å². The molecule has 5 rings (SSSR count). The van der Waals surface area contributed by atoms with Crippen LogP contribution in [-0.2, 0) is 6.54 Å². The van der Waals surface area contributed by atoms with E-state index in [0.29, 0.717) is 17.4 Å². The minimum atomic E-state index is -1.21. The second-order valence-electron chi connectivity index (χ2n) is 10.9. The molecule has 2 fully saturated rings. The predicted molar refractivity (Wildman–Crippen MR) is 146 cm³/mol. The number of rotatable bonds is 8. The summed E-state index contributed by atoms with van der Waals surface area (Å²) < 4.78 is 7.10. The van der Waals surface area contributed by atoms with Gasteiger partial charge in [-0.2, -0.15) is 4.98 Å². The van der Waals surface area contributed by atoms with Crippen molar-refractivity contribution in [2.45, 2.75) is 63.6 Å². The number of pyridine rings is 1. The first-order chi connectivity index (χ1) is 18.1. The highest BCUT2D eigenvalue weighted by atomic mass is 16.5. The third-order valence-corrected chi connectivity index (χ3v) is 7.37. The van der Waals surface area contributed by atoms with Crippen LogP contribution in [0.2, 0.25) is 0 Å². The van der Waals surface area contributed by atoms with Crippen LogP contribution >= 0.6 is 0 Å². The summed E-state index contributed by atoms with van der Waals surface area (Å²) in [5.41, 5.74) is 11.5. The van der Waals surface area contributed by atoms with E-state index in [9.17, 15) is 14.7 Å². The molecule has 0 spiro atoms. The number of piperidine rings is 1. The molecule has 3 aromatic rings. The van der Waals surface area contributed by atoms with Crippen molar-refractivity contribution < 1.29 is 14.6 Å². The fourth-order valence-electron chi connectivity index (χ4n) is 5.31. The Balaban J connectivity index is 1.46. The lowest BCUT2D eigenvalue weighted by Crippen LogP contribution is -2.34. The molecule has 0 atom stereocenters. The maximum atomic E-state index is 12.9. The van der Waals surface area contributed by atoms with Crippen LogP contribution in [0.1, 0.15) is 61.4 Å². The number of nitrogens with zero attached hydrogens (tertiary/aromatic N) is 4. The second kappa shape index (κ2) is 9.88. The molecule has 1 aliphatic heterocycles. The van der Waals surface area contributed by atoms with Crippen LogP contribution in [-0.4, -0.2) is 62.3 Å². The minimum Gasteiger partial charge on any atom is -0.495 e. The Morgan fingerprint density at radius 1 is 1.24 bits per heavy atom. The third kappa shape index (κ3) is 5.16. The Hall–Kier alpha value is -3.70. The number of nitrogens with two attached hydrogens (primary N) is 2. The molecular formula is C27H35N7O4. The number of fused-ring (bicyclic) bond motifs is 1. The summed E-state index contributed by atoms with van der Waals surface area (Å²) in [6.45, 7) is 5.42. The number of carbonyl (C=O) groups excluding carboxylic acids is 1. The van der Waals surface area contributed by atoms with Gasteiger partial charge in [-0.15, -0.1) is 0 Å². The van der Waals surface area contributed by atoms with E-state index >= 15 is 0 Å². The van der Waals surface area contributed by atoms with Crippen molar-refractivity contribution in [3.05, 3.63) is 45.7 Å². The number of aliphatic hydroxyl groups is 1. The molecule has 3 heterocycles. The normalized spacial score (nSPS) is 17.1. The van der Waals surface area contributed by atoms with Gasteiger partial charge in [0.25, 0.3) is 5.91 Å². The second-order valence-corrected chi connectivity index (χ2v) is 10.9. The number of carbonyl (C=O) groups is 1. The Morgan fingerprint density at radius 3 is 2.55 bits per heavy atom. The molecule has 1 aromatic carbocycles. The topological polar surface area (TPSA) is 162 Å². The van der Waals surface area contributed by atoms with Gasteiger partial charge in [0.1, 0.15) is 17.1 Å². The van der Waals surface area contributed by atoms with E-state index < -0.39 is 16.9 Å². The van der Waals surface area contributed by atoms with Gasteiger partial charge in [-0.05, 0) is 76.2 Å². The quantitative estimate of drug-likeness (QED) is 0.348. The Labute approximate surface area is 220 Å². The Bertz CT molecular complexity index is 1430. The number of likely N-dealkylation sites (tertiary alicyclic amines) is 1. The minimum absolute atomic E-state index is 0.0239. The first kappa shape index (κ1) is 25.9. The molecule has 11 nitrogen and oxygen atoms in total. The molecule has 2 aromatic heterocycles. The first-order valence-electron chi connectivity index (χ1n) is 13.0. The van der Waals surface area contributed by atoms with Crippen molar-refractivity contribution in [2.24, 2.45) is 5.73 Å². The highest BCUT2D eigenvalue weighted by Gasteiger charge is 2.32. The summed E-state index contributed by atoms with van der Waals surface area (Å²) in [7, 11) is 1.62. The number of nitrogen functional groups attached to an aromatic ring is 1. The number of hydrogen-bond donors (Lipinski definition) is 4. The van der Waals surface area contributed by atoms with Gasteiger partial charge in [-0.1, -0.05) is 6.07 Å². The van der Waals surface area contributed by atoms with Crippen LogP contribution in [0, 0.1) is 0 Å². The van der Waals surface area contributed by atoms with Crippen molar-refractivity contribution >= 4 is 34.4 Å². The summed E-state index contributed by atoms with van der Waals surface area (Å²) in [6, 6.07) is 6.91. The van der Waals surface area contributed by atoms with Crippen molar-refractivity contribution in [1.82, 2.24) is 19.4 Å².